The minimum Gasteiger partial charge on any atom is -0.484 e. The van der Waals surface area contributed by atoms with Gasteiger partial charge in [0.25, 0.3) is 0 Å². The summed E-state index contributed by atoms with van der Waals surface area (Å²) in [6.07, 6.45) is 1.22. The van der Waals surface area contributed by atoms with Crippen molar-refractivity contribution in [2.45, 2.75) is 37.4 Å². The molecule has 178 valence electrons. The highest BCUT2D eigenvalue weighted by Crippen LogP contribution is 2.51. The fraction of sp³-hybridized carbons (Fsp3) is 0.250. The van der Waals surface area contributed by atoms with Crippen molar-refractivity contribution >= 4 is 5.97 Å². The first-order valence-electron chi connectivity index (χ1n) is 11.5. The number of aliphatic hydroxyl groups excluding tert-OH is 1. The maximum atomic E-state index is 13.3. The third kappa shape index (κ3) is 4.03. The number of benzene rings is 3. The fourth-order valence-electron chi connectivity index (χ4n) is 4.79. The van der Waals surface area contributed by atoms with Crippen molar-refractivity contribution in [3.8, 4) is 17.2 Å². The quantitative estimate of drug-likeness (QED) is 0.427. The Morgan fingerprint density at radius 3 is 2.37 bits per heavy atom. The SMILES string of the molecule is O=C1O[C@H]2[C@H](OCc3ccccc3)[C@H](O)C=C[C@H]2c2cc3c(c(OCc4ccccc4)c21)OCO3. The van der Waals surface area contributed by atoms with Crippen molar-refractivity contribution in [3.05, 3.63) is 101 Å². The van der Waals surface area contributed by atoms with Crippen LogP contribution in [0.15, 0.2) is 78.9 Å². The molecule has 3 aromatic carbocycles. The van der Waals surface area contributed by atoms with E-state index >= 15 is 0 Å². The highest BCUT2D eigenvalue weighted by Gasteiger charge is 2.47. The number of aliphatic hydroxyl groups is 1. The molecular weight excluding hydrogens is 448 g/mol. The summed E-state index contributed by atoms with van der Waals surface area (Å²) in [6, 6.07) is 21.2. The van der Waals surface area contributed by atoms with Gasteiger partial charge in [0.15, 0.2) is 11.5 Å². The van der Waals surface area contributed by atoms with E-state index < -0.39 is 24.3 Å². The van der Waals surface area contributed by atoms with Gasteiger partial charge in [0.1, 0.15) is 30.5 Å². The van der Waals surface area contributed by atoms with Gasteiger partial charge in [-0.25, -0.2) is 4.79 Å². The lowest BCUT2D eigenvalue weighted by molar-refractivity contribution is -0.110. The van der Waals surface area contributed by atoms with Gasteiger partial charge in [-0.1, -0.05) is 72.8 Å². The van der Waals surface area contributed by atoms with E-state index in [2.05, 4.69) is 0 Å². The maximum absolute atomic E-state index is 13.3. The van der Waals surface area contributed by atoms with Gasteiger partial charge in [-0.2, -0.15) is 0 Å². The minimum atomic E-state index is -0.905. The van der Waals surface area contributed by atoms with Gasteiger partial charge in [-0.15, -0.1) is 0 Å². The molecule has 0 radical (unpaired) electrons. The lowest BCUT2D eigenvalue weighted by atomic mass is 9.79. The van der Waals surface area contributed by atoms with Gasteiger partial charge in [0.2, 0.25) is 12.5 Å². The van der Waals surface area contributed by atoms with E-state index in [1.165, 1.54) is 0 Å². The predicted molar refractivity (Wildman–Crippen MR) is 125 cm³/mol. The molecule has 3 aromatic rings. The molecule has 0 saturated carbocycles. The van der Waals surface area contributed by atoms with Crippen LogP contribution in [0.4, 0.5) is 0 Å². The topological polar surface area (TPSA) is 83.5 Å². The van der Waals surface area contributed by atoms with E-state index in [-0.39, 0.29) is 25.9 Å². The molecule has 0 fully saturated rings. The van der Waals surface area contributed by atoms with E-state index in [1.807, 2.05) is 66.7 Å². The largest absolute Gasteiger partial charge is 0.484 e. The zero-order chi connectivity index (χ0) is 23.8. The van der Waals surface area contributed by atoms with Crippen LogP contribution in [0.5, 0.6) is 17.2 Å². The average molecular weight is 472 g/mol. The normalized spacial score (nSPS) is 23.9. The number of hydrogen-bond acceptors (Lipinski definition) is 7. The maximum Gasteiger partial charge on any atom is 0.342 e. The smallest absolute Gasteiger partial charge is 0.342 e. The Morgan fingerprint density at radius 2 is 1.63 bits per heavy atom. The Labute approximate surface area is 202 Å². The van der Waals surface area contributed by atoms with Gasteiger partial charge < -0.3 is 28.8 Å². The van der Waals surface area contributed by atoms with Crippen molar-refractivity contribution in [1.29, 1.82) is 0 Å². The summed E-state index contributed by atoms with van der Waals surface area (Å²) in [5, 5.41) is 10.7. The number of carbonyl (C=O) groups is 1. The zero-order valence-electron chi connectivity index (χ0n) is 18.8. The van der Waals surface area contributed by atoms with Crippen LogP contribution in [0.25, 0.3) is 0 Å². The van der Waals surface area contributed by atoms with Crippen molar-refractivity contribution in [2.75, 3.05) is 6.79 Å². The summed E-state index contributed by atoms with van der Waals surface area (Å²) in [7, 11) is 0. The number of fused-ring (bicyclic) bond motifs is 4. The number of ether oxygens (including phenoxy) is 5. The Hall–Kier alpha value is -3.81. The molecular formula is C28H24O7. The van der Waals surface area contributed by atoms with Gasteiger partial charge in [0.05, 0.1) is 6.61 Å². The summed E-state index contributed by atoms with van der Waals surface area (Å²) in [5.74, 6) is 0.343. The van der Waals surface area contributed by atoms with Gasteiger partial charge in [-0.3, -0.25) is 0 Å². The summed E-state index contributed by atoms with van der Waals surface area (Å²) >= 11 is 0. The summed E-state index contributed by atoms with van der Waals surface area (Å²) in [4.78, 5) is 13.3. The number of rotatable bonds is 6. The minimum absolute atomic E-state index is 0.0421. The third-order valence-corrected chi connectivity index (χ3v) is 6.50. The molecule has 0 bridgehead atoms. The predicted octanol–water partition coefficient (Wildman–Crippen LogP) is 4.13. The highest BCUT2D eigenvalue weighted by molar-refractivity contribution is 5.98. The molecule has 35 heavy (non-hydrogen) atoms. The molecule has 6 rings (SSSR count). The molecule has 0 aromatic heterocycles. The molecule has 4 atom stereocenters. The number of esters is 1. The van der Waals surface area contributed by atoms with Crippen LogP contribution in [-0.2, 0) is 22.7 Å². The van der Waals surface area contributed by atoms with Crippen LogP contribution < -0.4 is 14.2 Å². The summed E-state index contributed by atoms with van der Waals surface area (Å²) in [5.41, 5.74) is 2.94. The molecule has 3 aliphatic rings. The summed E-state index contributed by atoms with van der Waals surface area (Å²) in [6.45, 7) is 0.586. The van der Waals surface area contributed by atoms with Crippen LogP contribution >= 0.6 is 0 Å². The molecule has 2 heterocycles. The first-order valence-corrected chi connectivity index (χ1v) is 11.5. The second-order valence-electron chi connectivity index (χ2n) is 8.71. The van der Waals surface area contributed by atoms with Crippen LogP contribution in [0.3, 0.4) is 0 Å². The molecule has 7 nitrogen and oxygen atoms in total. The van der Waals surface area contributed by atoms with Crippen LogP contribution in [-0.4, -0.2) is 36.2 Å². The number of carbonyl (C=O) groups excluding carboxylic acids is 1. The molecule has 7 heteroatoms. The van der Waals surface area contributed by atoms with Crippen molar-refractivity contribution in [3.63, 3.8) is 0 Å². The van der Waals surface area contributed by atoms with E-state index in [4.69, 9.17) is 23.7 Å². The zero-order valence-corrected chi connectivity index (χ0v) is 18.8. The van der Waals surface area contributed by atoms with Crippen molar-refractivity contribution < 1.29 is 33.6 Å². The van der Waals surface area contributed by atoms with E-state index in [0.717, 1.165) is 11.1 Å². The Kier molecular flexibility index (Phi) is 5.64. The van der Waals surface area contributed by atoms with Crippen molar-refractivity contribution in [2.24, 2.45) is 0 Å². The van der Waals surface area contributed by atoms with Gasteiger partial charge in [-0.05, 0) is 22.8 Å². The van der Waals surface area contributed by atoms with Crippen molar-refractivity contribution in [1.82, 2.24) is 0 Å². The second kappa shape index (κ2) is 9.09. The van der Waals surface area contributed by atoms with E-state index in [1.54, 1.807) is 12.1 Å². The highest BCUT2D eigenvalue weighted by atomic mass is 16.7. The van der Waals surface area contributed by atoms with E-state index in [9.17, 15) is 9.90 Å². The summed E-state index contributed by atoms with van der Waals surface area (Å²) < 4.78 is 29.4. The average Bonchev–Trinajstić information content (AvgIpc) is 3.36. The lowest BCUT2D eigenvalue weighted by Gasteiger charge is -2.40. The van der Waals surface area contributed by atoms with Gasteiger partial charge >= 0.3 is 5.97 Å². The molecule has 2 aliphatic heterocycles. The standard InChI is InChI=1S/C28H24O7/c29-21-12-11-19-20-13-22-26(34-16-33-22)27(32-15-18-9-5-2-6-10-18)23(20)28(30)35-24(19)25(21)31-14-17-7-3-1-4-8-17/h1-13,19,21,24-25,29H,14-16H2/t19-,21+,24+,25+/m0/s1. The molecule has 1 aliphatic carbocycles. The fourth-order valence-corrected chi connectivity index (χ4v) is 4.79. The van der Waals surface area contributed by atoms with Crippen LogP contribution in [0.1, 0.15) is 33.0 Å². The molecule has 0 unspecified atom stereocenters. The van der Waals surface area contributed by atoms with E-state index in [0.29, 0.717) is 28.4 Å². The van der Waals surface area contributed by atoms with Gasteiger partial charge in [0, 0.05) is 5.92 Å². The van der Waals surface area contributed by atoms with Crippen LogP contribution in [0.2, 0.25) is 0 Å². The molecule has 0 amide bonds. The van der Waals surface area contributed by atoms with Crippen LogP contribution in [0, 0.1) is 0 Å². The monoisotopic (exact) mass is 472 g/mol. The molecule has 0 saturated heterocycles. The number of hydrogen-bond donors (Lipinski definition) is 1. The first-order chi connectivity index (χ1) is 17.2. The lowest BCUT2D eigenvalue weighted by Crippen LogP contribution is -2.49. The molecule has 1 N–H and O–H groups in total. The third-order valence-electron chi connectivity index (χ3n) is 6.50. The Bertz CT molecular complexity index is 1260. The Morgan fingerprint density at radius 1 is 0.914 bits per heavy atom. The Balaban J connectivity index is 1.34. The molecule has 0 spiro atoms. The second-order valence-corrected chi connectivity index (χ2v) is 8.71. The first kappa shape index (κ1) is 21.7.